The van der Waals surface area contributed by atoms with Crippen molar-refractivity contribution in [1.29, 1.82) is 0 Å². The summed E-state index contributed by atoms with van der Waals surface area (Å²) < 4.78 is 1.99. The van der Waals surface area contributed by atoms with Crippen LogP contribution in [0.5, 0.6) is 0 Å². The highest BCUT2D eigenvalue weighted by Gasteiger charge is 2.12. The highest BCUT2D eigenvalue weighted by Crippen LogP contribution is 2.29. The quantitative estimate of drug-likeness (QED) is 0.550. The second kappa shape index (κ2) is 4.87. The second-order valence-electron chi connectivity index (χ2n) is 4.85. The maximum atomic E-state index is 4.82. The number of aromatic nitrogens is 3. The predicted molar refractivity (Wildman–Crippen MR) is 84.3 cm³/mol. The molecule has 0 radical (unpaired) electrons. The predicted octanol–water partition coefficient (Wildman–Crippen LogP) is 4.09. The standard InChI is InChI=1S/C18H13N3/c1-2-6-15(7-3-1)21-17-9-5-4-8-16(17)18(20-21)14-10-12-19-13-11-14/h1-13H. The fourth-order valence-corrected chi connectivity index (χ4v) is 2.56. The molecule has 4 aromatic rings. The van der Waals surface area contributed by atoms with E-state index in [-0.39, 0.29) is 0 Å². The molecule has 3 heteroatoms. The largest absolute Gasteiger partial charge is 0.265 e. The smallest absolute Gasteiger partial charge is 0.101 e. The van der Waals surface area contributed by atoms with Crippen molar-refractivity contribution in [1.82, 2.24) is 14.8 Å². The Hall–Kier alpha value is -2.94. The number of fused-ring (bicyclic) bond motifs is 1. The summed E-state index contributed by atoms with van der Waals surface area (Å²) in [5, 5.41) is 5.96. The topological polar surface area (TPSA) is 30.7 Å². The van der Waals surface area contributed by atoms with E-state index in [0.717, 1.165) is 27.8 Å². The third-order valence-corrected chi connectivity index (χ3v) is 3.54. The van der Waals surface area contributed by atoms with Crippen molar-refractivity contribution in [3.63, 3.8) is 0 Å². The molecule has 0 spiro atoms. The van der Waals surface area contributed by atoms with Crippen LogP contribution in [0.3, 0.4) is 0 Å². The summed E-state index contributed by atoms with van der Waals surface area (Å²) in [6.07, 6.45) is 3.59. The molecule has 2 aromatic carbocycles. The van der Waals surface area contributed by atoms with Crippen molar-refractivity contribution in [3.05, 3.63) is 79.1 Å². The maximum absolute atomic E-state index is 4.82. The van der Waals surface area contributed by atoms with Gasteiger partial charge in [0, 0.05) is 23.3 Å². The summed E-state index contributed by atoms with van der Waals surface area (Å²) in [5.74, 6) is 0. The Morgan fingerprint density at radius 3 is 2.24 bits per heavy atom. The fraction of sp³-hybridized carbons (Fsp3) is 0. The lowest BCUT2D eigenvalue weighted by Gasteiger charge is -2.02. The second-order valence-corrected chi connectivity index (χ2v) is 4.85. The van der Waals surface area contributed by atoms with Gasteiger partial charge in [0.15, 0.2) is 0 Å². The van der Waals surface area contributed by atoms with Gasteiger partial charge < -0.3 is 0 Å². The van der Waals surface area contributed by atoms with Crippen LogP contribution in [0.1, 0.15) is 0 Å². The minimum Gasteiger partial charge on any atom is -0.265 e. The van der Waals surface area contributed by atoms with Gasteiger partial charge in [0.2, 0.25) is 0 Å². The van der Waals surface area contributed by atoms with Crippen LogP contribution in [-0.4, -0.2) is 14.8 Å². The van der Waals surface area contributed by atoms with Crippen LogP contribution in [0, 0.1) is 0 Å². The Kier molecular flexibility index (Phi) is 2.75. The van der Waals surface area contributed by atoms with E-state index in [0.29, 0.717) is 0 Å². The summed E-state index contributed by atoms with van der Waals surface area (Å²) in [6.45, 7) is 0. The van der Waals surface area contributed by atoms with E-state index in [1.807, 2.05) is 47.1 Å². The molecule has 2 aromatic heterocycles. The van der Waals surface area contributed by atoms with E-state index >= 15 is 0 Å². The van der Waals surface area contributed by atoms with Gasteiger partial charge in [-0.1, -0.05) is 36.4 Å². The first-order valence-electron chi connectivity index (χ1n) is 6.87. The first-order valence-corrected chi connectivity index (χ1v) is 6.87. The van der Waals surface area contributed by atoms with Crippen LogP contribution in [-0.2, 0) is 0 Å². The lowest BCUT2D eigenvalue weighted by atomic mass is 10.1. The molecule has 0 bridgehead atoms. The highest BCUT2D eigenvalue weighted by molar-refractivity contribution is 5.94. The van der Waals surface area contributed by atoms with Crippen molar-refractivity contribution < 1.29 is 0 Å². The third-order valence-electron chi connectivity index (χ3n) is 3.54. The summed E-state index contributed by atoms with van der Waals surface area (Å²) in [7, 11) is 0. The Morgan fingerprint density at radius 1 is 0.714 bits per heavy atom. The average molecular weight is 271 g/mol. The molecule has 0 unspecified atom stereocenters. The molecule has 3 nitrogen and oxygen atoms in total. The Bertz CT molecular complexity index is 807. The minimum absolute atomic E-state index is 0.983. The number of hydrogen-bond acceptors (Lipinski definition) is 2. The maximum Gasteiger partial charge on any atom is 0.101 e. The zero-order valence-corrected chi connectivity index (χ0v) is 11.3. The van der Waals surface area contributed by atoms with Crippen molar-refractivity contribution >= 4 is 10.9 Å². The Labute approximate surface area is 122 Å². The lowest BCUT2D eigenvalue weighted by Crippen LogP contribution is -1.95. The van der Waals surface area contributed by atoms with Crippen molar-refractivity contribution in [2.75, 3.05) is 0 Å². The van der Waals surface area contributed by atoms with E-state index in [1.165, 1.54) is 0 Å². The number of nitrogens with zero attached hydrogens (tertiary/aromatic N) is 3. The van der Waals surface area contributed by atoms with Crippen LogP contribution >= 0.6 is 0 Å². The zero-order valence-electron chi connectivity index (χ0n) is 11.3. The molecule has 0 amide bonds. The SMILES string of the molecule is c1ccc(-n2nc(-c3ccncc3)c3ccccc32)cc1. The molecule has 0 saturated heterocycles. The van der Waals surface area contributed by atoms with Crippen LogP contribution in [0.2, 0.25) is 0 Å². The molecule has 21 heavy (non-hydrogen) atoms. The normalized spacial score (nSPS) is 10.9. The molecule has 0 fully saturated rings. The third kappa shape index (κ3) is 1.99. The summed E-state index contributed by atoms with van der Waals surface area (Å²) in [5.41, 5.74) is 4.23. The molecule has 100 valence electrons. The first-order chi connectivity index (χ1) is 10.4. The van der Waals surface area contributed by atoms with E-state index in [2.05, 4.69) is 29.2 Å². The van der Waals surface area contributed by atoms with Gasteiger partial charge in [-0.25, -0.2) is 4.68 Å². The molecule has 0 aliphatic carbocycles. The van der Waals surface area contributed by atoms with E-state index < -0.39 is 0 Å². The number of pyridine rings is 1. The van der Waals surface area contributed by atoms with Gasteiger partial charge in [0.1, 0.15) is 5.69 Å². The summed E-state index contributed by atoms with van der Waals surface area (Å²) in [4.78, 5) is 4.08. The number of hydrogen-bond donors (Lipinski definition) is 0. The summed E-state index contributed by atoms with van der Waals surface area (Å²) >= 11 is 0. The minimum atomic E-state index is 0.983. The Balaban J connectivity index is 2.02. The molecular formula is C18H13N3. The van der Waals surface area contributed by atoms with Gasteiger partial charge >= 0.3 is 0 Å². The van der Waals surface area contributed by atoms with Crippen molar-refractivity contribution in [3.8, 4) is 16.9 Å². The molecule has 0 saturated carbocycles. The molecule has 2 heterocycles. The molecule has 0 atom stereocenters. The fourth-order valence-electron chi connectivity index (χ4n) is 2.56. The van der Waals surface area contributed by atoms with Crippen LogP contribution in [0.4, 0.5) is 0 Å². The van der Waals surface area contributed by atoms with E-state index in [4.69, 9.17) is 5.10 Å². The molecular weight excluding hydrogens is 258 g/mol. The van der Waals surface area contributed by atoms with Gasteiger partial charge in [-0.3, -0.25) is 4.98 Å². The number of rotatable bonds is 2. The van der Waals surface area contributed by atoms with Crippen molar-refractivity contribution in [2.45, 2.75) is 0 Å². The van der Waals surface area contributed by atoms with Crippen LogP contribution in [0.25, 0.3) is 27.8 Å². The van der Waals surface area contributed by atoms with Gasteiger partial charge in [-0.15, -0.1) is 0 Å². The Morgan fingerprint density at radius 2 is 1.43 bits per heavy atom. The van der Waals surface area contributed by atoms with Gasteiger partial charge in [-0.2, -0.15) is 5.10 Å². The monoisotopic (exact) mass is 271 g/mol. The lowest BCUT2D eigenvalue weighted by molar-refractivity contribution is 0.915. The molecule has 0 aliphatic rings. The first kappa shape index (κ1) is 11.9. The van der Waals surface area contributed by atoms with E-state index in [9.17, 15) is 0 Å². The van der Waals surface area contributed by atoms with Gasteiger partial charge in [0.05, 0.1) is 11.2 Å². The molecule has 0 aliphatic heterocycles. The van der Waals surface area contributed by atoms with Crippen LogP contribution in [0.15, 0.2) is 79.1 Å². The van der Waals surface area contributed by atoms with Gasteiger partial charge in [-0.05, 0) is 30.3 Å². The number of para-hydroxylation sites is 2. The molecule has 4 rings (SSSR count). The zero-order chi connectivity index (χ0) is 14.1. The van der Waals surface area contributed by atoms with Crippen molar-refractivity contribution in [2.24, 2.45) is 0 Å². The number of benzene rings is 2. The summed E-state index contributed by atoms with van der Waals surface area (Å²) in [6, 6.07) is 22.5. The van der Waals surface area contributed by atoms with E-state index in [1.54, 1.807) is 12.4 Å². The molecule has 0 N–H and O–H groups in total. The highest BCUT2D eigenvalue weighted by atomic mass is 15.3. The van der Waals surface area contributed by atoms with Crippen LogP contribution < -0.4 is 0 Å². The van der Waals surface area contributed by atoms with Gasteiger partial charge in [0.25, 0.3) is 0 Å². The average Bonchev–Trinajstić information content (AvgIpc) is 2.96.